The highest BCUT2D eigenvalue weighted by molar-refractivity contribution is 14.0. The summed E-state index contributed by atoms with van der Waals surface area (Å²) < 4.78 is 13.1. The lowest BCUT2D eigenvalue weighted by atomic mass is 10.3. The van der Waals surface area contributed by atoms with Crippen molar-refractivity contribution in [2.24, 2.45) is 4.99 Å². The van der Waals surface area contributed by atoms with Gasteiger partial charge in [-0.25, -0.2) is 9.38 Å². The summed E-state index contributed by atoms with van der Waals surface area (Å²) in [7, 11) is 0. The van der Waals surface area contributed by atoms with Gasteiger partial charge in [0.05, 0.1) is 0 Å². The topological polar surface area (TPSA) is 65.5 Å². The van der Waals surface area contributed by atoms with Crippen LogP contribution in [0, 0.1) is 5.82 Å². The Labute approximate surface area is 168 Å². The zero-order valence-corrected chi connectivity index (χ0v) is 17.1. The molecular formula is C17H22FIN4OS. The molecule has 2 rings (SSSR count). The van der Waals surface area contributed by atoms with Gasteiger partial charge in [0.2, 0.25) is 5.91 Å². The number of aliphatic imine (C=N–C) groups is 1. The molecule has 136 valence electrons. The van der Waals surface area contributed by atoms with E-state index in [0.717, 1.165) is 13.0 Å². The predicted octanol–water partition coefficient (Wildman–Crippen LogP) is 3.24. The summed E-state index contributed by atoms with van der Waals surface area (Å²) in [6.07, 6.45) is 0.900. The molecule has 0 aliphatic rings. The van der Waals surface area contributed by atoms with Gasteiger partial charge in [-0.2, -0.15) is 0 Å². The second kappa shape index (κ2) is 11.8. The summed E-state index contributed by atoms with van der Waals surface area (Å²) in [5.74, 6) is -0.0978. The van der Waals surface area contributed by atoms with Crippen LogP contribution < -0.4 is 16.0 Å². The fraction of sp³-hybridized carbons (Fsp3) is 0.294. The standard InChI is InChI=1S/C17H21FN4OS.HI/c1-2-19-17(20-9-8-15-7-4-10-24-15)21-12-16(23)22-14-6-3-5-13(18)11-14;/h3-7,10-11H,2,8-9,12H2,1H3,(H,22,23)(H2,19,20,21);1H. The maximum atomic E-state index is 13.1. The molecular weight excluding hydrogens is 454 g/mol. The minimum atomic E-state index is -0.389. The van der Waals surface area contributed by atoms with Gasteiger partial charge in [-0.05, 0) is 43.0 Å². The van der Waals surface area contributed by atoms with E-state index in [1.165, 1.54) is 17.0 Å². The fourth-order valence-corrected chi connectivity index (χ4v) is 2.73. The van der Waals surface area contributed by atoms with Crippen molar-refractivity contribution in [2.45, 2.75) is 13.3 Å². The van der Waals surface area contributed by atoms with Gasteiger partial charge in [0.15, 0.2) is 5.96 Å². The quantitative estimate of drug-likeness (QED) is 0.327. The zero-order valence-electron chi connectivity index (χ0n) is 13.9. The van der Waals surface area contributed by atoms with Crippen LogP contribution in [0.1, 0.15) is 11.8 Å². The summed E-state index contributed by atoms with van der Waals surface area (Å²) in [6, 6.07) is 9.89. The Morgan fingerprint density at radius 1 is 1.24 bits per heavy atom. The molecule has 0 aliphatic heterocycles. The Morgan fingerprint density at radius 2 is 2.08 bits per heavy atom. The number of thiophene rings is 1. The first-order valence-corrected chi connectivity index (χ1v) is 8.65. The third-order valence-electron chi connectivity index (χ3n) is 3.08. The lowest BCUT2D eigenvalue weighted by Gasteiger charge is -2.11. The average Bonchev–Trinajstić information content (AvgIpc) is 3.06. The highest BCUT2D eigenvalue weighted by Gasteiger charge is 2.04. The number of benzene rings is 1. The molecule has 0 atom stereocenters. The van der Waals surface area contributed by atoms with E-state index in [1.807, 2.05) is 18.4 Å². The average molecular weight is 476 g/mol. The number of anilines is 1. The Balaban J connectivity index is 0.00000312. The molecule has 0 fully saturated rings. The SMILES string of the molecule is CCNC(=NCC(=O)Nc1cccc(F)c1)NCCc1cccs1.I. The Bertz CT molecular complexity index is 679. The smallest absolute Gasteiger partial charge is 0.246 e. The summed E-state index contributed by atoms with van der Waals surface area (Å²) in [4.78, 5) is 17.4. The molecule has 0 spiro atoms. The van der Waals surface area contributed by atoms with Crippen LogP contribution in [0.2, 0.25) is 0 Å². The van der Waals surface area contributed by atoms with E-state index in [0.29, 0.717) is 18.2 Å². The van der Waals surface area contributed by atoms with Crippen LogP contribution in [-0.4, -0.2) is 31.5 Å². The van der Waals surface area contributed by atoms with Gasteiger partial charge in [-0.3, -0.25) is 4.79 Å². The van der Waals surface area contributed by atoms with Crippen LogP contribution in [0.15, 0.2) is 46.8 Å². The monoisotopic (exact) mass is 476 g/mol. The summed E-state index contributed by atoms with van der Waals surface area (Å²) in [5.41, 5.74) is 0.422. The minimum absolute atomic E-state index is 0. The van der Waals surface area contributed by atoms with Crippen molar-refractivity contribution in [3.05, 3.63) is 52.5 Å². The largest absolute Gasteiger partial charge is 0.357 e. The normalized spacial score (nSPS) is 10.7. The van der Waals surface area contributed by atoms with Crippen LogP contribution >= 0.6 is 35.3 Å². The van der Waals surface area contributed by atoms with Gasteiger partial charge in [-0.15, -0.1) is 35.3 Å². The molecule has 0 bridgehead atoms. The fourth-order valence-electron chi connectivity index (χ4n) is 2.02. The lowest BCUT2D eigenvalue weighted by Crippen LogP contribution is -2.39. The molecule has 1 aromatic heterocycles. The molecule has 1 amide bonds. The number of carbonyl (C=O) groups excluding carboxylic acids is 1. The molecule has 8 heteroatoms. The number of guanidine groups is 1. The predicted molar refractivity (Wildman–Crippen MR) is 112 cm³/mol. The number of nitrogens with zero attached hydrogens (tertiary/aromatic N) is 1. The van der Waals surface area contributed by atoms with Gasteiger partial charge in [0.25, 0.3) is 0 Å². The second-order valence-electron chi connectivity index (χ2n) is 5.01. The summed E-state index contributed by atoms with van der Waals surface area (Å²) in [5, 5.41) is 11.0. The number of carbonyl (C=O) groups is 1. The number of amides is 1. The van der Waals surface area contributed by atoms with Gasteiger partial charge < -0.3 is 16.0 Å². The van der Waals surface area contributed by atoms with Crippen molar-refractivity contribution in [2.75, 3.05) is 25.0 Å². The Kier molecular flexibility index (Phi) is 10.1. The number of halogens is 2. The number of hydrogen-bond donors (Lipinski definition) is 3. The molecule has 2 aromatic rings. The molecule has 0 unspecified atom stereocenters. The first-order chi connectivity index (χ1) is 11.7. The molecule has 5 nitrogen and oxygen atoms in total. The van der Waals surface area contributed by atoms with Crippen molar-refractivity contribution in [1.82, 2.24) is 10.6 Å². The van der Waals surface area contributed by atoms with E-state index in [4.69, 9.17) is 0 Å². The van der Waals surface area contributed by atoms with E-state index in [2.05, 4.69) is 27.0 Å². The molecule has 0 saturated carbocycles. The molecule has 0 saturated heterocycles. The number of rotatable bonds is 7. The minimum Gasteiger partial charge on any atom is -0.357 e. The van der Waals surface area contributed by atoms with Gasteiger partial charge in [0.1, 0.15) is 12.4 Å². The first-order valence-electron chi connectivity index (χ1n) is 7.77. The third kappa shape index (κ3) is 8.30. The number of nitrogens with one attached hydrogen (secondary N) is 3. The van der Waals surface area contributed by atoms with Crippen LogP contribution in [0.25, 0.3) is 0 Å². The molecule has 1 aromatic carbocycles. The van der Waals surface area contributed by atoms with Crippen molar-refractivity contribution < 1.29 is 9.18 Å². The van der Waals surface area contributed by atoms with E-state index < -0.39 is 0 Å². The molecule has 0 aliphatic carbocycles. The highest BCUT2D eigenvalue weighted by atomic mass is 127. The van der Waals surface area contributed by atoms with Crippen LogP contribution in [0.3, 0.4) is 0 Å². The van der Waals surface area contributed by atoms with Crippen molar-refractivity contribution in [3.63, 3.8) is 0 Å². The lowest BCUT2D eigenvalue weighted by molar-refractivity contribution is -0.114. The van der Waals surface area contributed by atoms with Gasteiger partial charge in [-0.1, -0.05) is 12.1 Å². The van der Waals surface area contributed by atoms with Crippen LogP contribution in [0.5, 0.6) is 0 Å². The Morgan fingerprint density at radius 3 is 2.76 bits per heavy atom. The van der Waals surface area contributed by atoms with Crippen LogP contribution in [0.4, 0.5) is 10.1 Å². The van der Waals surface area contributed by atoms with Gasteiger partial charge in [0, 0.05) is 23.7 Å². The third-order valence-corrected chi connectivity index (χ3v) is 4.01. The summed E-state index contributed by atoms with van der Waals surface area (Å²) in [6.45, 7) is 3.36. The Hall–Kier alpha value is -1.68. The van der Waals surface area contributed by atoms with E-state index in [9.17, 15) is 9.18 Å². The maximum absolute atomic E-state index is 13.1. The van der Waals surface area contributed by atoms with Crippen molar-refractivity contribution >= 4 is 52.9 Å². The van der Waals surface area contributed by atoms with Gasteiger partial charge >= 0.3 is 0 Å². The highest BCUT2D eigenvalue weighted by Crippen LogP contribution is 2.09. The molecule has 0 radical (unpaired) electrons. The van der Waals surface area contributed by atoms with Crippen molar-refractivity contribution in [1.29, 1.82) is 0 Å². The second-order valence-corrected chi connectivity index (χ2v) is 6.04. The summed E-state index contributed by atoms with van der Waals surface area (Å²) >= 11 is 1.71. The van der Waals surface area contributed by atoms with E-state index >= 15 is 0 Å². The number of hydrogen-bond acceptors (Lipinski definition) is 3. The van der Waals surface area contributed by atoms with Crippen molar-refractivity contribution in [3.8, 4) is 0 Å². The maximum Gasteiger partial charge on any atom is 0.246 e. The molecule has 1 heterocycles. The zero-order chi connectivity index (χ0) is 17.2. The van der Waals surface area contributed by atoms with E-state index in [1.54, 1.807) is 23.5 Å². The molecule has 3 N–H and O–H groups in total. The van der Waals surface area contributed by atoms with E-state index in [-0.39, 0.29) is 42.2 Å². The first kappa shape index (κ1) is 21.4. The van der Waals surface area contributed by atoms with Crippen LogP contribution in [-0.2, 0) is 11.2 Å². The molecule has 25 heavy (non-hydrogen) atoms.